The smallest absolute Gasteiger partial charge is 0.250 e. The molecule has 0 aromatic rings. The summed E-state index contributed by atoms with van der Waals surface area (Å²) in [6, 6.07) is 0. The summed E-state index contributed by atoms with van der Waals surface area (Å²) in [5.41, 5.74) is 1.68. The van der Waals surface area contributed by atoms with E-state index in [1.54, 1.807) is 19.0 Å². The van der Waals surface area contributed by atoms with Gasteiger partial charge in [0.05, 0.1) is 0 Å². The van der Waals surface area contributed by atoms with E-state index in [-0.39, 0.29) is 5.91 Å². The first-order chi connectivity index (χ1) is 5.00. The molecule has 3 nitrogen and oxygen atoms in total. The van der Waals surface area contributed by atoms with Gasteiger partial charge in [-0.15, -0.1) is 0 Å². The molecule has 0 bridgehead atoms. The van der Waals surface area contributed by atoms with E-state index in [1.807, 2.05) is 20.9 Å². The number of likely N-dealkylation sites (N-methyl/N-ethyl adjacent to an activating group) is 1. The van der Waals surface area contributed by atoms with Gasteiger partial charge in [0.25, 0.3) is 5.91 Å². The van der Waals surface area contributed by atoms with Crippen molar-refractivity contribution in [1.29, 1.82) is 0 Å². The number of carbonyl (C=O) groups is 1. The summed E-state index contributed by atoms with van der Waals surface area (Å²) < 4.78 is 0. The third-order valence-electron chi connectivity index (χ3n) is 1.66. The Labute approximate surface area is 68.1 Å². The number of amides is 1. The summed E-state index contributed by atoms with van der Waals surface area (Å²) in [6.45, 7) is 3.70. The minimum absolute atomic E-state index is 0.0526. The number of nitrogens with zero attached hydrogens (tertiary/aromatic N) is 1. The molecule has 0 aromatic heterocycles. The zero-order valence-electron chi connectivity index (χ0n) is 7.86. The lowest BCUT2D eigenvalue weighted by Crippen LogP contribution is -2.24. The highest BCUT2D eigenvalue weighted by Gasteiger charge is 2.08. The van der Waals surface area contributed by atoms with Crippen molar-refractivity contribution in [2.75, 3.05) is 21.1 Å². The summed E-state index contributed by atoms with van der Waals surface area (Å²) in [5.74, 6) is 0.0526. The first kappa shape index (κ1) is 10.0. The summed E-state index contributed by atoms with van der Waals surface area (Å²) >= 11 is 0. The standard InChI is InChI=1S/C8H16N2O/c1-6(7(2)9-3)8(11)10(4)5/h9H,1-5H3/b7-6-. The Kier molecular flexibility index (Phi) is 3.65. The van der Waals surface area contributed by atoms with Gasteiger partial charge in [-0.25, -0.2) is 0 Å². The average molecular weight is 156 g/mol. The second kappa shape index (κ2) is 4.01. The molecule has 0 rings (SSSR count). The van der Waals surface area contributed by atoms with Gasteiger partial charge in [0.1, 0.15) is 0 Å². The van der Waals surface area contributed by atoms with Gasteiger partial charge < -0.3 is 10.2 Å². The van der Waals surface area contributed by atoms with Gasteiger partial charge in [-0.2, -0.15) is 0 Å². The fraction of sp³-hybridized carbons (Fsp3) is 0.625. The van der Waals surface area contributed by atoms with E-state index in [1.165, 1.54) is 0 Å². The van der Waals surface area contributed by atoms with Crippen molar-refractivity contribution in [2.24, 2.45) is 0 Å². The normalized spacial score (nSPS) is 12.1. The summed E-state index contributed by atoms with van der Waals surface area (Å²) in [5, 5.41) is 2.93. The Hall–Kier alpha value is -0.990. The largest absolute Gasteiger partial charge is 0.391 e. The second-order valence-corrected chi connectivity index (χ2v) is 2.70. The molecule has 0 heterocycles. The molecule has 0 saturated carbocycles. The monoisotopic (exact) mass is 156 g/mol. The lowest BCUT2D eigenvalue weighted by atomic mass is 10.2. The van der Waals surface area contributed by atoms with E-state index >= 15 is 0 Å². The molecule has 0 spiro atoms. The van der Waals surface area contributed by atoms with E-state index in [9.17, 15) is 4.79 Å². The van der Waals surface area contributed by atoms with Crippen LogP contribution >= 0.6 is 0 Å². The van der Waals surface area contributed by atoms with E-state index in [0.29, 0.717) is 0 Å². The van der Waals surface area contributed by atoms with Crippen molar-refractivity contribution in [3.63, 3.8) is 0 Å². The van der Waals surface area contributed by atoms with Crippen LogP contribution in [0, 0.1) is 0 Å². The van der Waals surface area contributed by atoms with Crippen LogP contribution in [-0.4, -0.2) is 32.0 Å². The Morgan fingerprint density at radius 3 is 2.00 bits per heavy atom. The zero-order valence-corrected chi connectivity index (χ0v) is 7.86. The maximum atomic E-state index is 11.3. The topological polar surface area (TPSA) is 32.3 Å². The van der Waals surface area contributed by atoms with Gasteiger partial charge in [0.2, 0.25) is 0 Å². The molecule has 0 radical (unpaired) electrons. The molecular formula is C8H16N2O. The van der Waals surface area contributed by atoms with Crippen molar-refractivity contribution < 1.29 is 4.79 Å². The first-order valence-electron chi connectivity index (χ1n) is 3.57. The van der Waals surface area contributed by atoms with Crippen LogP contribution in [0.1, 0.15) is 13.8 Å². The minimum atomic E-state index is 0.0526. The van der Waals surface area contributed by atoms with Crippen LogP contribution in [0.3, 0.4) is 0 Å². The highest BCUT2D eigenvalue weighted by Crippen LogP contribution is 2.01. The van der Waals surface area contributed by atoms with E-state index < -0.39 is 0 Å². The summed E-state index contributed by atoms with van der Waals surface area (Å²) in [7, 11) is 5.30. The third-order valence-corrected chi connectivity index (χ3v) is 1.66. The van der Waals surface area contributed by atoms with Crippen LogP contribution < -0.4 is 5.32 Å². The molecule has 1 amide bonds. The van der Waals surface area contributed by atoms with Crippen LogP contribution in [0.2, 0.25) is 0 Å². The summed E-state index contributed by atoms with van der Waals surface area (Å²) in [6.07, 6.45) is 0. The SMILES string of the molecule is CN/C(C)=C(/C)C(=O)N(C)C. The van der Waals surface area contributed by atoms with Gasteiger partial charge >= 0.3 is 0 Å². The number of nitrogens with one attached hydrogen (secondary N) is 1. The molecule has 0 aromatic carbocycles. The number of hydrogen-bond donors (Lipinski definition) is 1. The molecule has 0 aliphatic carbocycles. The number of rotatable bonds is 2. The van der Waals surface area contributed by atoms with Crippen LogP contribution in [0.25, 0.3) is 0 Å². The maximum Gasteiger partial charge on any atom is 0.250 e. The minimum Gasteiger partial charge on any atom is -0.391 e. The quantitative estimate of drug-likeness (QED) is 0.593. The fourth-order valence-electron chi connectivity index (χ4n) is 0.683. The van der Waals surface area contributed by atoms with Crippen LogP contribution in [-0.2, 0) is 4.79 Å². The third kappa shape index (κ3) is 2.62. The van der Waals surface area contributed by atoms with Crippen molar-refractivity contribution in [2.45, 2.75) is 13.8 Å². The highest BCUT2D eigenvalue weighted by molar-refractivity contribution is 5.93. The summed E-state index contributed by atoms with van der Waals surface area (Å²) in [4.78, 5) is 12.8. The molecule has 64 valence electrons. The molecule has 3 heteroatoms. The molecule has 11 heavy (non-hydrogen) atoms. The van der Waals surface area contributed by atoms with Gasteiger partial charge in [-0.3, -0.25) is 4.79 Å². The van der Waals surface area contributed by atoms with Crippen LogP contribution in [0.4, 0.5) is 0 Å². The van der Waals surface area contributed by atoms with Crippen molar-refractivity contribution in [1.82, 2.24) is 10.2 Å². The Bertz CT molecular complexity index is 183. The molecule has 0 aliphatic rings. The molecule has 1 N–H and O–H groups in total. The van der Waals surface area contributed by atoms with Gasteiger partial charge in [-0.05, 0) is 13.8 Å². The van der Waals surface area contributed by atoms with Gasteiger partial charge in [0.15, 0.2) is 0 Å². The average Bonchev–Trinajstić information content (AvgIpc) is 2.00. The van der Waals surface area contributed by atoms with Crippen molar-refractivity contribution in [3.05, 3.63) is 11.3 Å². The fourth-order valence-corrected chi connectivity index (χ4v) is 0.683. The van der Waals surface area contributed by atoms with Crippen molar-refractivity contribution >= 4 is 5.91 Å². The Morgan fingerprint density at radius 2 is 1.73 bits per heavy atom. The van der Waals surface area contributed by atoms with E-state index in [2.05, 4.69) is 5.32 Å². The van der Waals surface area contributed by atoms with Gasteiger partial charge in [-0.1, -0.05) is 0 Å². The van der Waals surface area contributed by atoms with Crippen molar-refractivity contribution in [3.8, 4) is 0 Å². The molecular weight excluding hydrogens is 140 g/mol. The van der Waals surface area contributed by atoms with Gasteiger partial charge in [0, 0.05) is 32.4 Å². The molecule has 0 aliphatic heterocycles. The molecule has 0 fully saturated rings. The Balaban J connectivity index is 4.47. The van der Waals surface area contributed by atoms with Crippen LogP contribution in [0.5, 0.6) is 0 Å². The number of allylic oxidation sites excluding steroid dienone is 1. The Morgan fingerprint density at radius 1 is 1.27 bits per heavy atom. The maximum absolute atomic E-state index is 11.3. The first-order valence-corrected chi connectivity index (χ1v) is 3.57. The lowest BCUT2D eigenvalue weighted by molar-refractivity contribution is -0.124. The number of carbonyl (C=O) groups excluding carboxylic acids is 1. The number of hydrogen-bond acceptors (Lipinski definition) is 2. The molecule has 0 atom stereocenters. The predicted octanol–water partition coefficient (Wildman–Crippen LogP) is 0.588. The van der Waals surface area contributed by atoms with E-state index in [0.717, 1.165) is 11.3 Å². The molecule has 0 unspecified atom stereocenters. The van der Waals surface area contributed by atoms with E-state index in [4.69, 9.17) is 0 Å². The van der Waals surface area contributed by atoms with Crippen LogP contribution in [0.15, 0.2) is 11.3 Å². The lowest BCUT2D eigenvalue weighted by Gasteiger charge is -2.12. The zero-order chi connectivity index (χ0) is 9.02. The second-order valence-electron chi connectivity index (χ2n) is 2.70. The highest BCUT2D eigenvalue weighted by atomic mass is 16.2. The predicted molar refractivity (Wildman–Crippen MR) is 46.1 cm³/mol. The molecule has 0 saturated heterocycles.